The van der Waals surface area contributed by atoms with Crippen molar-refractivity contribution >= 4 is 0 Å². The molecule has 1 aromatic rings. The smallest absolute Gasteiger partial charge is 0.0344 e. The molecule has 1 aromatic carbocycles. The van der Waals surface area contributed by atoms with Gasteiger partial charge in [0.1, 0.15) is 0 Å². The zero-order valence-corrected chi connectivity index (χ0v) is 9.16. The number of aryl methyl sites for hydroxylation is 1. The molecule has 1 unspecified atom stereocenters. The molecule has 0 radical (unpaired) electrons. The molecule has 0 saturated carbocycles. The monoisotopic (exact) mass is 189 g/mol. The Labute approximate surface area is 86.7 Å². The van der Waals surface area contributed by atoms with E-state index in [4.69, 9.17) is 0 Å². The van der Waals surface area contributed by atoms with Crippen molar-refractivity contribution in [1.82, 2.24) is 4.90 Å². The number of fused-ring (bicyclic) bond motifs is 1. The van der Waals surface area contributed by atoms with Crippen LogP contribution in [-0.2, 0) is 6.42 Å². The van der Waals surface area contributed by atoms with Gasteiger partial charge in [-0.1, -0.05) is 30.7 Å². The molecular weight excluding hydrogens is 170 g/mol. The fourth-order valence-corrected chi connectivity index (χ4v) is 2.43. The summed E-state index contributed by atoms with van der Waals surface area (Å²) in [5.74, 6) is 0. The van der Waals surface area contributed by atoms with E-state index in [1.165, 1.54) is 25.7 Å². The quantitative estimate of drug-likeness (QED) is 0.614. The summed E-state index contributed by atoms with van der Waals surface area (Å²) in [6.07, 6.45) is 5.28. The highest BCUT2D eigenvalue weighted by Gasteiger charge is 2.19. The summed E-state index contributed by atoms with van der Waals surface area (Å²) < 4.78 is 0. The highest BCUT2D eigenvalue weighted by Crippen LogP contribution is 2.31. The van der Waals surface area contributed by atoms with Crippen LogP contribution < -0.4 is 0 Å². The minimum absolute atomic E-state index is 0.633. The van der Waals surface area contributed by atoms with E-state index in [1.54, 1.807) is 11.1 Å². The van der Waals surface area contributed by atoms with Crippen LogP contribution >= 0.6 is 0 Å². The first kappa shape index (κ1) is 9.72. The lowest BCUT2D eigenvalue weighted by Gasteiger charge is -2.24. The lowest BCUT2D eigenvalue weighted by Crippen LogP contribution is -2.19. The fourth-order valence-electron chi connectivity index (χ4n) is 2.43. The largest absolute Gasteiger partial charge is 0.302 e. The van der Waals surface area contributed by atoms with Gasteiger partial charge < -0.3 is 4.90 Å². The molecule has 14 heavy (non-hydrogen) atoms. The summed E-state index contributed by atoms with van der Waals surface area (Å²) >= 11 is 0. The summed E-state index contributed by atoms with van der Waals surface area (Å²) in [6, 6.07) is 9.55. The second kappa shape index (κ2) is 4.14. The van der Waals surface area contributed by atoms with Crippen molar-refractivity contribution in [3.8, 4) is 0 Å². The van der Waals surface area contributed by atoms with Gasteiger partial charge in [-0.3, -0.25) is 0 Å². The van der Waals surface area contributed by atoms with Gasteiger partial charge in [-0.2, -0.15) is 0 Å². The highest BCUT2D eigenvalue weighted by molar-refractivity contribution is 5.31. The van der Waals surface area contributed by atoms with E-state index in [-0.39, 0.29) is 0 Å². The minimum Gasteiger partial charge on any atom is -0.302 e. The van der Waals surface area contributed by atoms with Crippen LogP contribution in [0.5, 0.6) is 0 Å². The average molecular weight is 189 g/mol. The molecule has 0 spiro atoms. The Morgan fingerprint density at radius 3 is 2.71 bits per heavy atom. The van der Waals surface area contributed by atoms with Gasteiger partial charge in [-0.05, 0) is 44.5 Å². The second-order valence-electron chi connectivity index (χ2n) is 4.42. The Morgan fingerprint density at radius 2 is 1.93 bits per heavy atom. The molecule has 1 heteroatoms. The molecule has 76 valence electrons. The third kappa shape index (κ3) is 1.83. The Bertz CT molecular complexity index is 304. The topological polar surface area (TPSA) is 3.24 Å². The number of rotatable bonds is 1. The molecule has 0 amide bonds. The van der Waals surface area contributed by atoms with Crippen molar-refractivity contribution in [2.45, 2.75) is 31.7 Å². The number of hydrogen-bond donors (Lipinski definition) is 0. The van der Waals surface area contributed by atoms with E-state index in [0.717, 1.165) is 0 Å². The van der Waals surface area contributed by atoms with Crippen LogP contribution in [0.25, 0.3) is 0 Å². The van der Waals surface area contributed by atoms with Crippen LogP contribution in [0, 0.1) is 0 Å². The van der Waals surface area contributed by atoms with Crippen molar-refractivity contribution < 1.29 is 0 Å². The first-order valence-corrected chi connectivity index (χ1v) is 5.53. The summed E-state index contributed by atoms with van der Waals surface area (Å²) in [4.78, 5) is 2.35. The van der Waals surface area contributed by atoms with Gasteiger partial charge in [0.15, 0.2) is 0 Å². The lowest BCUT2D eigenvalue weighted by atomic mass is 9.98. The standard InChI is InChI=1S/C13H19N/c1-14(2)13-10-6-4-8-11-7-3-5-9-12(11)13/h3,5,7,9,13H,4,6,8,10H2,1-2H3. The molecule has 0 aliphatic heterocycles. The molecule has 0 bridgehead atoms. The highest BCUT2D eigenvalue weighted by atomic mass is 15.1. The Kier molecular flexibility index (Phi) is 2.87. The van der Waals surface area contributed by atoms with Crippen LogP contribution in [0.4, 0.5) is 0 Å². The molecular formula is C13H19N. The minimum atomic E-state index is 0.633. The second-order valence-corrected chi connectivity index (χ2v) is 4.42. The molecule has 0 saturated heterocycles. The summed E-state index contributed by atoms with van der Waals surface area (Å²) in [6.45, 7) is 0. The molecule has 1 aliphatic carbocycles. The Balaban J connectivity index is 2.37. The Morgan fingerprint density at radius 1 is 1.14 bits per heavy atom. The van der Waals surface area contributed by atoms with Gasteiger partial charge in [-0.15, -0.1) is 0 Å². The summed E-state index contributed by atoms with van der Waals surface area (Å²) in [5.41, 5.74) is 3.11. The van der Waals surface area contributed by atoms with E-state index in [0.29, 0.717) is 6.04 Å². The van der Waals surface area contributed by atoms with Crippen molar-refractivity contribution in [2.75, 3.05) is 14.1 Å². The molecule has 0 aromatic heterocycles. The number of benzene rings is 1. The van der Waals surface area contributed by atoms with Gasteiger partial charge in [0, 0.05) is 6.04 Å². The van der Waals surface area contributed by atoms with Crippen LogP contribution in [0.3, 0.4) is 0 Å². The van der Waals surface area contributed by atoms with Crippen LogP contribution in [0.2, 0.25) is 0 Å². The van der Waals surface area contributed by atoms with E-state index in [1.807, 2.05) is 0 Å². The molecule has 2 rings (SSSR count). The zero-order valence-electron chi connectivity index (χ0n) is 9.16. The van der Waals surface area contributed by atoms with Crippen LogP contribution in [-0.4, -0.2) is 19.0 Å². The van der Waals surface area contributed by atoms with Crippen LogP contribution in [0.15, 0.2) is 24.3 Å². The van der Waals surface area contributed by atoms with Gasteiger partial charge >= 0.3 is 0 Å². The normalized spacial score (nSPS) is 21.8. The first-order valence-electron chi connectivity index (χ1n) is 5.53. The maximum atomic E-state index is 2.35. The van der Waals surface area contributed by atoms with Crippen molar-refractivity contribution in [2.24, 2.45) is 0 Å². The zero-order chi connectivity index (χ0) is 9.97. The van der Waals surface area contributed by atoms with Gasteiger partial charge in [0.2, 0.25) is 0 Å². The average Bonchev–Trinajstić information content (AvgIpc) is 2.39. The predicted molar refractivity (Wildman–Crippen MR) is 60.4 cm³/mol. The molecule has 1 aliphatic rings. The molecule has 1 nitrogen and oxygen atoms in total. The Hall–Kier alpha value is -0.820. The van der Waals surface area contributed by atoms with Gasteiger partial charge in [0.25, 0.3) is 0 Å². The SMILES string of the molecule is CN(C)C1CCCCc2ccccc21. The lowest BCUT2D eigenvalue weighted by molar-refractivity contribution is 0.282. The number of hydrogen-bond acceptors (Lipinski definition) is 1. The van der Waals surface area contributed by atoms with Crippen molar-refractivity contribution in [3.63, 3.8) is 0 Å². The van der Waals surface area contributed by atoms with E-state index >= 15 is 0 Å². The van der Waals surface area contributed by atoms with E-state index in [2.05, 4.69) is 43.3 Å². The van der Waals surface area contributed by atoms with Crippen molar-refractivity contribution in [1.29, 1.82) is 0 Å². The summed E-state index contributed by atoms with van der Waals surface area (Å²) in [5, 5.41) is 0. The molecule has 0 N–H and O–H groups in total. The predicted octanol–water partition coefficient (Wildman–Crippen LogP) is 3.02. The maximum absolute atomic E-state index is 2.35. The van der Waals surface area contributed by atoms with Crippen LogP contribution in [0.1, 0.15) is 36.4 Å². The molecule has 1 atom stereocenters. The maximum Gasteiger partial charge on any atom is 0.0344 e. The fraction of sp³-hybridized carbons (Fsp3) is 0.538. The molecule has 0 heterocycles. The van der Waals surface area contributed by atoms with E-state index in [9.17, 15) is 0 Å². The third-order valence-electron chi connectivity index (χ3n) is 3.21. The van der Waals surface area contributed by atoms with Gasteiger partial charge in [0.05, 0.1) is 0 Å². The third-order valence-corrected chi connectivity index (χ3v) is 3.21. The molecule has 0 fully saturated rings. The van der Waals surface area contributed by atoms with Crippen molar-refractivity contribution in [3.05, 3.63) is 35.4 Å². The first-order chi connectivity index (χ1) is 6.79. The number of nitrogens with zero attached hydrogens (tertiary/aromatic N) is 1. The van der Waals surface area contributed by atoms with Gasteiger partial charge in [-0.25, -0.2) is 0 Å². The van der Waals surface area contributed by atoms with E-state index < -0.39 is 0 Å². The summed E-state index contributed by atoms with van der Waals surface area (Å²) in [7, 11) is 4.37.